The first-order valence-electron chi connectivity index (χ1n) is 14.7. The van der Waals surface area contributed by atoms with Crippen LogP contribution in [0.25, 0.3) is 0 Å². The lowest BCUT2D eigenvalue weighted by Gasteiger charge is -2.55. The zero-order valence-corrected chi connectivity index (χ0v) is 23.5. The van der Waals surface area contributed by atoms with E-state index in [-0.39, 0.29) is 36.0 Å². The highest BCUT2D eigenvalue weighted by Gasteiger charge is 2.57. The number of para-hydroxylation sites is 1. The molecule has 2 bridgehead atoms. The zero-order valence-electron chi connectivity index (χ0n) is 25.6. The number of piperidine rings is 3. The minimum Gasteiger partial charge on any atom is -0.460 e. The summed E-state index contributed by atoms with van der Waals surface area (Å²) in [4.78, 5) is 28.8. The summed E-state index contributed by atoms with van der Waals surface area (Å²) in [6.45, 7) is 5.09. The lowest BCUT2D eigenvalue weighted by atomic mass is 9.71. The summed E-state index contributed by atoms with van der Waals surface area (Å²) in [7, 11) is -7.12. The molecule has 2 aromatic rings. The first kappa shape index (κ1) is 25.4. The van der Waals surface area contributed by atoms with Crippen molar-refractivity contribution >= 4 is 19.5 Å². The van der Waals surface area contributed by atoms with Crippen molar-refractivity contribution in [3.05, 3.63) is 66.2 Å². The number of carbonyl (C=O) groups is 2. The molecule has 212 valence electrons. The van der Waals surface area contributed by atoms with E-state index in [1.54, 1.807) is 44.2 Å². The smallest absolute Gasteiger partial charge is 0.459 e. The third-order valence-electron chi connectivity index (χ3n) is 7.45. The molecule has 5 rings (SSSR count). The fraction of sp³-hybridized carbons (Fsp3) is 0.517. The van der Waals surface area contributed by atoms with Crippen LogP contribution < -0.4 is 9.61 Å². The Kier molecular flexibility index (Phi) is 8.31. The fourth-order valence-corrected chi connectivity index (χ4v) is 7.11. The second-order valence-electron chi connectivity index (χ2n) is 10.6. The van der Waals surface area contributed by atoms with Gasteiger partial charge in [-0.05, 0) is 43.4 Å². The van der Waals surface area contributed by atoms with Crippen molar-refractivity contribution in [1.29, 1.82) is 0 Å². The Morgan fingerprint density at radius 2 is 1.85 bits per heavy atom. The number of fused-ring (bicyclic) bond motifs is 3. The number of methoxy groups -OCH3 is 1. The van der Waals surface area contributed by atoms with Crippen molar-refractivity contribution in [3.63, 3.8) is 0 Å². The second kappa shape index (κ2) is 12.7. The largest absolute Gasteiger partial charge is 0.460 e. The highest BCUT2D eigenvalue weighted by molar-refractivity contribution is 7.52. The van der Waals surface area contributed by atoms with Gasteiger partial charge >= 0.3 is 13.7 Å². The zero-order chi connectivity index (χ0) is 30.5. The van der Waals surface area contributed by atoms with E-state index in [1.807, 2.05) is 42.2 Å². The molecule has 10 heteroatoms. The van der Waals surface area contributed by atoms with E-state index in [2.05, 4.69) is 5.09 Å². The molecular weight excluding hydrogens is 519 g/mol. The maximum absolute atomic E-state index is 14.4. The SMILES string of the molecule is [2H]C([2H])([2H])OC[C@]1(COP(=O)(N[C@H](C(=O)OCc2ccccc2)C(C)C)Oc2ccccc2)C(=O)[C@H]2CCN1[C@H](C)C2. The summed E-state index contributed by atoms with van der Waals surface area (Å²) in [6, 6.07) is 16.3. The Morgan fingerprint density at radius 3 is 2.49 bits per heavy atom. The average molecular weight is 562 g/mol. The van der Waals surface area contributed by atoms with Gasteiger partial charge in [-0.25, -0.2) is 4.57 Å². The van der Waals surface area contributed by atoms with Gasteiger partial charge in [0.05, 0.1) is 17.3 Å². The molecule has 0 amide bonds. The van der Waals surface area contributed by atoms with Gasteiger partial charge in [0.1, 0.15) is 23.9 Å². The number of ether oxygens (including phenoxy) is 2. The van der Waals surface area contributed by atoms with Crippen LogP contribution in [0, 0.1) is 11.8 Å². The molecular formula is C29H39N2O7P. The molecule has 3 aliphatic rings. The molecule has 3 fully saturated rings. The van der Waals surface area contributed by atoms with Gasteiger partial charge in [-0.3, -0.25) is 19.0 Å². The fourth-order valence-electron chi connectivity index (χ4n) is 5.40. The number of rotatable bonds is 13. The quantitative estimate of drug-likeness (QED) is 0.277. The predicted octanol–water partition coefficient (Wildman–Crippen LogP) is 4.62. The van der Waals surface area contributed by atoms with Crippen LogP contribution in [0.3, 0.4) is 0 Å². The number of carbonyl (C=O) groups excluding carboxylic acids is 2. The Morgan fingerprint density at radius 1 is 1.15 bits per heavy atom. The van der Waals surface area contributed by atoms with Crippen molar-refractivity contribution in [2.45, 2.75) is 57.8 Å². The summed E-state index contributed by atoms with van der Waals surface area (Å²) in [6.07, 6.45) is 1.27. The van der Waals surface area contributed by atoms with Crippen LogP contribution in [0.1, 0.15) is 43.3 Å². The Labute approximate surface area is 235 Å². The Hall–Kier alpha value is -2.55. The first-order valence-corrected chi connectivity index (χ1v) is 14.8. The van der Waals surface area contributed by atoms with Gasteiger partial charge in [0.25, 0.3) is 0 Å². The molecule has 0 aliphatic carbocycles. The molecule has 3 aliphatic heterocycles. The minimum absolute atomic E-state index is 0.0214. The van der Waals surface area contributed by atoms with Crippen LogP contribution in [0.15, 0.2) is 60.7 Å². The van der Waals surface area contributed by atoms with E-state index in [0.717, 1.165) is 5.56 Å². The van der Waals surface area contributed by atoms with Gasteiger partial charge in [0.2, 0.25) is 0 Å². The number of benzene rings is 2. The Balaban J connectivity index is 1.60. The average Bonchev–Trinajstić information content (AvgIpc) is 2.95. The molecule has 9 nitrogen and oxygen atoms in total. The van der Waals surface area contributed by atoms with Crippen LogP contribution in [-0.2, 0) is 34.8 Å². The third-order valence-corrected chi connectivity index (χ3v) is 8.96. The van der Waals surface area contributed by atoms with Gasteiger partial charge in [0.15, 0.2) is 5.78 Å². The molecule has 3 saturated heterocycles. The monoisotopic (exact) mass is 561 g/mol. The molecule has 2 aromatic carbocycles. The minimum atomic E-state index is -4.37. The van der Waals surface area contributed by atoms with Gasteiger partial charge in [-0.2, -0.15) is 5.09 Å². The molecule has 3 heterocycles. The number of Topliss-reactive ketones (excluding diaryl/α,β-unsaturated/α-hetero) is 1. The Bertz CT molecular complexity index is 1260. The molecule has 0 aromatic heterocycles. The van der Waals surface area contributed by atoms with Crippen molar-refractivity contribution in [1.82, 2.24) is 9.99 Å². The molecule has 0 radical (unpaired) electrons. The van der Waals surface area contributed by atoms with E-state index < -0.39 is 45.5 Å². The number of nitrogens with zero attached hydrogens (tertiary/aromatic N) is 1. The highest BCUT2D eigenvalue weighted by Crippen LogP contribution is 2.48. The van der Waals surface area contributed by atoms with Crippen LogP contribution in [0.4, 0.5) is 0 Å². The van der Waals surface area contributed by atoms with Gasteiger partial charge in [0, 0.05) is 25.5 Å². The maximum Gasteiger partial charge on any atom is 0.459 e. The van der Waals surface area contributed by atoms with E-state index in [1.165, 1.54) is 0 Å². The highest BCUT2D eigenvalue weighted by atomic mass is 31.2. The number of hydrogen-bond donors (Lipinski definition) is 1. The molecule has 39 heavy (non-hydrogen) atoms. The van der Waals surface area contributed by atoms with Gasteiger partial charge in [-0.15, -0.1) is 0 Å². The van der Waals surface area contributed by atoms with Crippen LogP contribution >= 0.6 is 7.75 Å². The molecule has 1 N–H and O–H groups in total. The van der Waals surface area contributed by atoms with Gasteiger partial charge < -0.3 is 14.0 Å². The lowest BCUT2D eigenvalue weighted by Crippen LogP contribution is -2.71. The molecule has 6 atom stereocenters. The molecule has 2 unspecified atom stereocenters. The number of ketones is 1. The van der Waals surface area contributed by atoms with E-state index in [0.29, 0.717) is 19.4 Å². The standard InChI is InChI=1S/C29H39N2O7P/c1-21(2)26(28(33)36-18-23-11-7-5-8-12-23)30-39(34,38-25-13-9-6-10-14-25)37-20-29(19-35-4)27(32)24-15-16-31(29)22(3)17-24/h5-14,21-22,24,26H,15-20H2,1-4H3,(H,30,34)/t22-,24+,26+,29+,39?/m1/s1/i4D3. The predicted molar refractivity (Wildman–Crippen MR) is 147 cm³/mol. The van der Waals surface area contributed by atoms with E-state index in [9.17, 15) is 14.2 Å². The van der Waals surface area contributed by atoms with Crippen molar-refractivity contribution in [2.24, 2.45) is 11.8 Å². The summed E-state index contributed by atoms with van der Waals surface area (Å²) >= 11 is 0. The van der Waals surface area contributed by atoms with Crippen LogP contribution in [0.2, 0.25) is 0 Å². The van der Waals surface area contributed by atoms with Crippen LogP contribution in [0.5, 0.6) is 5.75 Å². The topological polar surface area (TPSA) is 103 Å². The van der Waals surface area contributed by atoms with Crippen molar-refractivity contribution in [3.8, 4) is 5.75 Å². The van der Waals surface area contributed by atoms with Crippen molar-refractivity contribution in [2.75, 3.05) is 26.8 Å². The third kappa shape index (κ3) is 6.79. The maximum atomic E-state index is 14.4. The first-order chi connectivity index (χ1) is 19.8. The number of esters is 1. The van der Waals surface area contributed by atoms with Crippen molar-refractivity contribution < 1.29 is 36.8 Å². The summed E-state index contributed by atoms with van der Waals surface area (Å²) < 4.78 is 59.7. The molecule has 0 spiro atoms. The number of hydrogen-bond acceptors (Lipinski definition) is 8. The van der Waals surface area contributed by atoms with E-state index >= 15 is 0 Å². The molecule has 0 saturated carbocycles. The van der Waals surface area contributed by atoms with Gasteiger partial charge in [-0.1, -0.05) is 62.4 Å². The summed E-state index contributed by atoms with van der Waals surface area (Å²) in [5, 5.41) is 2.77. The summed E-state index contributed by atoms with van der Waals surface area (Å²) in [5.41, 5.74) is -0.702. The normalized spacial score (nSPS) is 28.2. The number of nitrogens with one attached hydrogen (secondary N) is 1. The lowest BCUT2D eigenvalue weighted by molar-refractivity contribution is -0.163. The van der Waals surface area contributed by atoms with E-state index in [4.69, 9.17) is 22.6 Å². The second-order valence-corrected chi connectivity index (χ2v) is 12.3. The van der Waals surface area contributed by atoms with Crippen LogP contribution in [-0.4, -0.2) is 61.1 Å². The summed E-state index contributed by atoms with van der Waals surface area (Å²) in [5.74, 6) is -1.34.